The van der Waals surface area contributed by atoms with Crippen LogP contribution in [-0.4, -0.2) is 53.7 Å². The van der Waals surface area contributed by atoms with E-state index < -0.39 is 0 Å². The van der Waals surface area contributed by atoms with Crippen molar-refractivity contribution in [2.24, 2.45) is 5.92 Å². The van der Waals surface area contributed by atoms with Crippen LogP contribution in [0.25, 0.3) is 11.5 Å². The molecule has 1 aliphatic rings. The number of nitrogens with zero attached hydrogens (tertiary/aromatic N) is 3. The average molecular weight is 361 g/mol. The van der Waals surface area contributed by atoms with Gasteiger partial charge in [-0.05, 0) is 30.2 Å². The Morgan fingerprint density at radius 3 is 2.58 bits per heavy atom. The molecule has 2 aromatic rings. The summed E-state index contributed by atoms with van der Waals surface area (Å²) < 4.78 is 23.8. The second-order valence-electron chi connectivity index (χ2n) is 6.88. The van der Waals surface area contributed by atoms with Crippen LogP contribution in [0.5, 0.6) is 0 Å². The van der Waals surface area contributed by atoms with Gasteiger partial charge in [-0.15, -0.1) is 0 Å². The number of amides is 1. The fourth-order valence-corrected chi connectivity index (χ4v) is 2.75. The summed E-state index contributed by atoms with van der Waals surface area (Å²) in [7, 11) is 0. The first-order valence-electron chi connectivity index (χ1n) is 8.85. The van der Waals surface area contributed by atoms with Crippen LogP contribution in [0.3, 0.4) is 0 Å². The topological polar surface area (TPSA) is 58.8 Å². The zero-order chi connectivity index (χ0) is 18.5. The van der Waals surface area contributed by atoms with Crippen LogP contribution in [-0.2, 0) is 11.3 Å². The van der Waals surface area contributed by atoms with Crippen molar-refractivity contribution in [3.8, 4) is 11.5 Å². The number of aromatic nitrogens is 1. The first-order valence-corrected chi connectivity index (χ1v) is 8.85. The molecule has 0 radical (unpaired) electrons. The van der Waals surface area contributed by atoms with E-state index in [1.165, 1.54) is 12.1 Å². The van der Waals surface area contributed by atoms with Crippen molar-refractivity contribution in [3.63, 3.8) is 0 Å². The van der Waals surface area contributed by atoms with Gasteiger partial charge in [0.15, 0.2) is 0 Å². The normalized spacial score (nSPS) is 15.5. The highest BCUT2D eigenvalue weighted by Gasteiger charge is 2.23. The summed E-state index contributed by atoms with van der Waals surface area (Å²) in [5, 5.41) is 0. The summed E-state index contributed by atoms with van der Waals surface area (Å²) in [5.74, 6) is 0.531. The largest absolute Gasteiger partial charge is 0.449 e. The van der Waals surface area contributed by atoms with Crippen molar-refractivity contribution in [1.82, 2.24) is 14.8 Å². The average Bonchev–Trinajstić information content (AvgIpc) is 3.09. The van der Waals surface area contributed by atoms with E-state index in [1.54, 1.807) is 23.3 Å². The molecule has 3 rings (SSSR count). The number of halogens is 1. The number of carbonyl (C=O) groups is 1. The molecule has 0 aliphatic carbocycles. The lowest BCUT2D eigenvalue weighted by molar-refractivity contribution is 0.0673. The fourth-order valence-electron chi connectivity index (χ4n) is 2.75. The van der Waals surface area contributed by atoms with Gasteiger partial charge < -0.3 is 14.1 Å². The van der Waals surface area contributed by atoms with Crippen LogP contribution < -0.4 is 0 Å². The smallest absolute Gasteiger partial charge is 0.409 e. The minimum Gasteiger partial charge on any atom is -0.449 e. The van der Waals surface area contributed by atoms with Gasteiger partial charge in [-0.2, -0.15) is 0 Å². The third kappa shape index (κ3) is 4.82. The molecule has 0 atom stereocenters. The van der Waals surface area contributed by atoms with Crippen LogP contribution in [0, 0.1) is 11.7 Å². The highest BCUT2D eigenvalue weighted by Crippen LogP contribution is 2.20. The molecular weight excluding hydrogens is 337 g/mol. The lowest BCUT2D eigenvalue weighted by atomic mass is 10.2. The molecular formula is C19H24FN3O3. The number of benzene rings is 1. The van der Waals surface area contributed by atoms with Crippen molar-refractivity contribution in [2.45, 2.75) is 20.4 Å². The monoisotopic (exact) mass is 361 g/mol. The summed E-state index contributed by atoms with van der Waals surface area (Å²) in [5.41, 5.74) is 1.57. The van der Waals surface area contributed by atoms with Crippen molar-refractivity contribution in [3.05, 3.63) is 42.0 Å². The maximum atomic E-state index is 13.0. The maximum Gasteiger partial charge on any atom is 0.409 e. The molecule has 1 amide bonds. The summed E-state index contributed by atoms with van der Waals surface area (Å²) in [6.45, 7) is 7.93. The van der Waals surface area contributed by atoms with E-state index in [0.717, 1.165) is 24.3 Å². The van der Waals surface area contributed by atoms with Crippen LogP contribution in [0.15, 0.2) is 34.9 Å². The second kappa shape index (κ2) is 8.31. The number of carbonyl (C=O) groups excluding carboxylic acids is 1. The van der Waals surface area contributed by atoms with E-state index in [2.05, 4.69) is 9.88 Å². The Balaban J connectivity index is 1.49. The Morgan fingerprint density at radius 2 is 1.92 bits per heavy atom. The summed E-state index contributed by atoms with van der Waals surface area (Å²) in [6.07, 6.45) is 1.39. The van der Waals surface area contributed by atoms with Gasteiger partial charge in [-0.1, -0.05) is 13.8 Å². The van der Waals surface area contributed by atoms with Gasteiger partial charge in [-0.25, -0.2) is 14.2 Å². The van der Waals surface area contributed by atoms with Gasteiger partial charge in [0, 0.05) is 38.3 Å². The Hall–Kier alpha value is -2.41. The molecule has 1 aromatic heterocycles. The molecule has 0 spiro atoms. The third-order valence-corrected chi connectivity index (χ3v) is 4.20. The minimum absolute atomic E-state index is 0.238. The van der Waals surface area contributed by atoms with Crippen LogP contribution in [0.1, 0.15) is 19.5 Å². The van der Waals surface area contributed by atoms with E-state index in [1.807, 2.05) is 13.8 Å². The highest BCUT2D eigenvalue weighted by atomic mass is 19.1. The summed E-state index contributed by atoms with van der Waals surface area (Å²) in [4.78, 5) is 20.4. The molecule has 140 valence electrons. The standard InChI is InChI=1S/C19H24FN3O3/c1-14(2)12-26-19(24)23-9-7-22(8-10-23)11-17-13-25-18(21-17)15-3-5-16(20)6-4-15/h3-6,13-14H,7-12H2,1-2H3. The predicted molar refractivity (Wildman–Crippen MR) is 94.9 cm³/mol. The van der Waals surface area contributed by atoms with Gasteiger partial charge in [0.25, 0.3) is 0 Å². The molecule has 0 unspecified atom stereocenters. The zero-order valence-electron chi connectivity index (χ0n) is 15.2. The molecule has 1 fully saturated rings. The molecule has 0 N–H and O–H groups in total. The van der Waals surface area contributed by atoms with Gasteiger partial charge >= 0.3 is 6.09 Å². The van der Waals surface area contributed by atoms with Crippen molar-refractivity contribution in [1.29, 1.82) is 0 Å². The maximum absolute atomic E-state index is 13.0. The van der Waals surface area contributed by atoms with Crippen molar-refractivity contribution >= 4 is 6.09 Å². The molecule has 0 saturated carbocycles. The number of rotatable bonds is 5. The minimum atomic E-state index is -0.287. The number of oxazole rings is 1. The van der Waals surface area contributed by atoms with Gasteiger partial charge in [-0.3, -0.25) is 4.90 Å². The molecule has 0 bridgehead atoms. The second-order valence-corrected chi connectivity index (χ2v) is 6.88. The number of hydrogen-bond donors (Lipinski definition) is 0. The zero-order valence-corrected chi connectivity index (χ0v) is 15.2. The number of hydrogen-bond acceptors (Lipinski definition) is 5. The molecule has 7 heteroatoms. The first-order chi connectivity index (χ1) is 12.5. The van der Waals surface area contributed by atoms with Gasteiger partial charge in [0.1, 0.15) is 12.1 Å². The molecule has 1 aromatic carbocycles. The summed E-state index contributed by atoms with van der Waals surface area (Å²) in [6, 6.07) is 6.06. The molecule has 26 heavy (non-hydrogen) atoms. The Morgan fingerprint density at radius 1 is 1.23 bits per heavy atom. The predicted octanol–water partition coefficient (Wildman–Crippen LogP) is 3.39. The molecule has 1 aliphatic heterocycles. The van der Waals surface area contributed by atoms with Crippen LogP contribution >= 0.6 is 0 Å². The molecule has 6 nitrogen and oxygen atoms in total. The Bertz CT molecular complexity index is 722. The lowest BCUT2D eigenvalue weighted by Gasteiger charge is -2.33. The molecule has 1 saturated heterocycles. The van der Waals surface area contributed by atoms with Gasteiger partial charge in [0.05, 0.1) is 12.3 Å². The Kier molecular flexibility index (Phi) is 5.88. The first kappa shape index (κ1) is 18.4. The van der Waals surface area contributed by atoms with Crippen molar-refractivity contribution < 1.29 is 18.3 Å². The Labute approximate surface area is 152 Å². The SMILES string of the molecule is CC(C)COC(=O)N1CCN(Cc2coc(-c3ccc(F)cc3)n2)CC1. The van der Waals surface area contributed by atoms with E-state index in [-0.39, 0.29) is 11.9 Å². The van der Waals surface area contributed by atoms with Crippen LogP contribution in [0.2, 0.25) is 0 Å². The van der Waals surface area contributed by atoms with E-state index in [4.69, 9.17) is 9.15 Å². The van der Waals surface area contributed by atoms with Gasteiger partial charge in [0.2, 0.25) is 5.89 Å². The van der Waals surface area contributed by atoms with E-state index in [9.17, 15) is 9.18 Å². The number of piperazine rings is 1. The van der Waals surface area contributed by atoms with E-state index in [0.29, 0.717) is 38.0 Å². The highest BCUT2D eigenvalue weighted by molar-refractivity contribution is 5.67. The van der Waals surface area contributed by atoms with E-state index >= 15 is 0 Å². The lowest BCUT2D eigenvalue weighted by Crippen LogP contribution is -2.48. The number of ether oxygens (including phenoxy) is 1. The van der Waals surface area contributed by atoms with Crippen molar-refractivity contribution in [2.75, 3.05) is 32.8 Å². The summed E-state index contributed by atoms with van der Waals surface area (Å²) >= 11 is 0. The van der Waals surface area contributed by atoms with Crippen LogP contribution in [0.4, 0.5) is 9.18 Å². The molecule has 2 heterocycles. The third-order valence-electron chi connectivity index (χ3n) is 4.20. The quantitative estimate of drug-likeness (QED) is 0.817. The fraction of sp³-hybridized carbons (Fsp3) is 0.474.